The van der Waals surface area contributed by atoms with Gasteiger partial charge in [0.25, 0.3) is 17.7 Å². The second-order valence-corrected chi connectivity index (χ2v) is 7.24. The number of carbonyl (C=O) groups excluding carboxylic acids is 3. The zero-order valence-electron chi connectivity index (χ0n) is 17.9. The summed E-state index contributed by atoms with van der Waals surface area (Å²) in [4.78, 5) is 48.4. The maximum atomic E-state index is 13.8. The second kappa shape index (κ2) is 9.83. The monoisotopic (exact) mass is 476 g/mol. The van der Waals surface area contributed by atoms with Crippen LogP contribution in [-0.2, 0) is 14.4 Å². The maximum absolute atomic E-state index is 13.8. The average molecular weight is 476 g/mol. The summed E-state index contributed by atoms with van der Waals surface area (Å²) in [5, 5.41) is 14.9. The third-order valence-electron chi connectivity index (χ3n) is 4.92. The van der Waals surface area contributed by atoms with Gasteiger partial charge in [-0.15, -0.1) is 0 Å². The molecule has 0 atom stereocenters. The van der Waals surface area contributed by atoms with E-state index in [0.717, 1.165) is 23.2 Å². The molecule has 3 aromatic carbocycles. The lowest BCUT2D eigenvalue weighted by molar-refractivity contribution is -0.385. The molecule has 1 saturated heterocycles. The SMILES string of the molecule is O=C(COc1c(C=C2C(=O)NN(c3ccccc3)C2=O)cccc1[N+](=O)[O-])Nc1ccccc1F. The summed E-state index contributed by atoms with van der Waals surface area (Å²) >= 11 is 0. The van der Waals surface area contributed by atoms with Crippen LogP contribution in [0.15, 0.2) is 78.4 Å². The smallest absolute Gasteiger partial charge is 0.311 e. The summed E-state index contributed by atoms with van der Waals surface area (Å²) in [6, 6.07) is 17.7. The number of ether oxygens (including phenoxy) is 1. The van der Waals surface area contributed by atoms with Crippen LogP contribution in [0, 0.1) is 15.9 Å². The zero-order valence-corrected chi connectivity index (χ0v) is 17.9. The Balaban J connectivity index is 1.61. The van der Waals surface area contributed by atoms with Gasteiger partial charge in [-0.3, -0.25) is 29.9 Å². The minimum Gasteiger partial charge on any atom is -0.476 e. The van der Waals surface area contributed by atoms with Crippen LogP contribution in [0.1, 0.15) is 5.56 Å². The molecule has 1 heterocycles. The van der Waals surface area contributed by atoms with E-state index in [1.807, 2.05) is 0 Å². The highest BCUT2D eigenvalue weighted by molar-refractivity contribution is 6.31. The third-order valence-corrected chi connectivity index (χ3v) is 4.92. The number of hydrogen-bond donors (Lipinski definition) is 2. The van der Waals surface area contributed by atoms with Crippen molar-refractivity contribution in [2.75, 3.05) is 16.9 Å². The third kappa shape index (κ3) is 4.98. The number of para-hydroxylation sites is 3. The van der Waals surface area contributed by atoms with E-state index < -0.39 is 40.8 Å². The van der Waals surface area contributed by atoms with Gasteiger partial charge in [0.05, 0.1) is 16.3 Å². The highest BCUT2D eigenvalue weighted by Crippen LogP contribution is 2.33. The number of carbonyl (C=O) groups is 3. The first-order valence-electron chi connectivity index (χ1n) is 10.2. The number of anilines is 2. The van der Waals surface area contributed by atoms with Crippen molar-refractivity contribution in [3.05, 3.63) is 99.9 Å². The lowest BCUT2D eigenvalue weighted by Crippen LogP contribution is -2.35. The average Bonchev–Trinajstić information content (AvgIpc) is 3.13. The lowest BCUT2D eigenvalue weighted by atomic mass is 10.1. The fourth-order valence-electron chi connectivity index (χ4n) is 3.32. The van der Waals surface area contributed by atoms with Gasteiger partial charge in [-0.25, -0.2) is 9.40 Å². The van der Waals surface area contributed by atoms with Crippen LogP contribution in [-0.4, -0.2) is 29.3 Å². The molecule has 3 aromatic rings. The Morgan fingerprint density at radius 1 is 1.06 bits per heavy atom. The number of nitro groups is 1. The van der Waals surface area contributed by atoms with Gasteiger partial charge in [-0.1, -0.05) is 42.5 Å². The molecule has 0 radical (unpaired) electrons. The Morgan fingerprint density at radius 3 is 2.49 bits per heavy atom. The number of hydrogen-bond acceptors (Lipinski definition) is 6. The number of nitro benzene ring substituents is 1. The van der Waals surface area contributed by atoms with Crippen molar-refractivity contribution in [2.45, 2.75) is 0 Å². The standard InChI is InChI=1S/C24H17FN4O6/c25-18-10-4-5-11-19(18)26-21(30)14-35-22-15(7-6-12-20(22)29(33)34)13-17-23(31)27-28(24(17)32)16-8-2-1-3-9-16/h1-13H,14H2,(H,26,30)(H,27,31). The number of nitrogens with zero attached hydrogens (tertiary/aromatic N) is 2. The van der Waals surface area contributed by atoms with Gasteiger partial charge in [-0.2, -0.15) is 0 Å². The molecule has 1 aliphatic heterocycles. The Hall–Kier alpha value is -5.06. The van der Waals surface area contributed by atoms with Crippen molar-refractivity contribution in [3.63, 3.8) is 0 Å². The number of halogens is 1. The fourth-order valence-corrected chi connectivity index (χ4v) is 3.32. The van der Waals surface area contributed by atoms with Gasteiger partial charge in [0.1, 0.15) is 11.4 Å². The Morgan fingerprint density at radius 2 is 1.77 bits per heavy atom. The van der Waals surface area contributed by atoms with Crippen LogP contribution in [0.4, 0.5) is 21.5 Å². The molecule has 176 valence electrons. The molecule has 0 saturated carbocycles. The molecule has 2 N–H and O–H groups in total. The number of hydrazine groups is 1. The molecule has 0 spiro atoms. The fraction of sp³-hybridized carbons (Fsp3) is 0.0417. The molecular formula is C24H17FN4O6. The van der Waals surface area contributed by atoms with Crippen LogP contribution < -0.4 is 20.5 Å². The van der Waals surface area contributed by atoms with Crippen LogP contribution >= 0.6 is 0 Å². The number of rotatable bonds is 7. The molecular weight excluding hydrogens is 459 g/mol. The normalized spacial score (nSPS) is 14.1. The number of amides is 3. The molecule has 0 unspecified atom stereocenters. The summed E-state index contributed by atoms with van der Waals surface area (Å²) < 4.78 is 19.2. The molecule has 11 heteroatoms. The van der Waals surface area contributed by atoms with E-state index in [9.17, 15) is 28.9 Å². The van der Waals surface area contributed by atoms with Gasteiger partial charge in [0, 0.05) is 11.6 Å². The van der Waals surface area contributed by atoms with E-state index >= 15 is 0 Å². The summed E-state index contributed by atoms with van der Waals surface area (Å²) in [6.07, 6.45) is 1.15. The molecule has 10 nitrogen and oxygen atoms in total. The van der Waals surface area contributed by atoms with Crippen molar-refractivity contribution in [3.8, 4) is 5.75 Å². The lowest BCUT2D eigenvalue weighted by Gasteiger charge is -2.14. The van der Waals surface area contributed by atoms with Crippen molar-refractivity contribution in [1.82, 2.24) is 5.43 Å². The molecule has 1 aliphatic rings. The quantitative estimate of drug-likeness (QED) is 0.233. The minimum atomic E-state index is -0.767. The summed E-state index contributed by atoms with van der Waals surface area (Å²) in [5.74, 6) is -3.14. The largest absolute Gasteiger partial charge is 0.476 e. The number of benzene rings is 3. The number of nitrogens with one attached hydrogen (secondary N) is 2. The second-order valence-electron chi connectivity index (χ2n) is 7.24. The Labute approximate surface area is 197 Å². The van der Waals surface area contributed by atoms with Crippen molar-refractivity contribution in [2.24, 2.45) is 0 Å². The van der Waals surface area contributed by atoms with E-state index in [-0.39, 0.29) is 22.6 Å². The first kappa shape index (κ1) is 23.1. The van der Waals surface area contributed by atoms with Crippen molar-refractivity contribution < 1.29 is 28.4 Å². The molecule has 1 fully saturated rings. The predicted molar refractivity (Wildman–Crippen MR) is 124 cm³/mol. The van der Waals surface area contributed by atoms with E-state index in [4.69, 9.17) is 4.74 Å². The van der Waals surface area contributed by atoms with Crippen LogP contribution in [0.3, 0.4) is 0 Å². The molecule has 0 bridgehead atoms. The van der Waals surface area contributed by atoms with Gasteiger partial charge in [0.2, 0.25) is 5.75 Å². The van der Waals surface area contributed by atoms with E-state index in [2.05, 4.69) is 10.7 Å². The predicted octanol–water partition coefficient (Wildman–Crippen LogP) is 3.21. The summed E-state index contributed by atoms with van der Waals surface area (Å²) in [5.41, 5.74) is 2.04. The van der Waals surface area contributed by atoms with E-state index in [1.165, 1.54) is 30.3 Å². The molecule has 0 aromatic heterocycles. The first-order chi connectivity index (χ1) is 16.8. The Kier molecular flexibility index (Phi) is 6.49. The van der Waals surface area contributed by atoms with Gasteiger partial charge < -0.3 is 10.1 Å². The Bertz CT molecular complexity index is 1360. The summed E-state index contributed by atoms with van der Waals surface area (Å²) in [7, 11) is 0. The van der Waals surface area contributed by atoms with E-state index in [0.29, 0.717) is 5.69 Å². The van der Waals surface area contributed by atoms with Gasteiger partial charge >= 0.3 is 5.69 Å². The molecule has 35 heavy (non-hydrogen) atoms. The first-order valence-corrected chi connectivity index (χ1v) is 10.2. The topological polar surface area (TPSA) is 131 Å². The zero-order chi connectivity index (χ0) is 24.9. The molecule has 0 aliphatic carbocycles. The summed E-state index contributed by atoms with van der Waals surface area (Å²) in [6.45, 7) is -0.689. The van der Waals surface area contributed by atoms with Crippen LogP contribution in [0.5, 0.6) is 5.75 Å². The van der Waals surface area contributed by atoms with Crippen LogP contribution in [0.25, 0.3) is 6.08 Å². The highest BCUT2D eigenvalue weighted by atomic mass is 19.1. The van der Waals surface area contributed by atoms with Crippen LogP contribution in [0.2, 0.25) is 0 Å². The van der Waals surface area contributed by atoms with Crippen molar-refractivity contribution in [1.29, 1.82) is 0 Å². The van der Waals surface area contributed by atoms with Crippen molar-refractivity contribution >= 4 is 40.9 Å². The molecule has 4 rings (SSSR count). The highest BCUT2D eigenvalue weighted by Gasteiger charge is 2.35. The van der Waals surface area contributed by atoms with Gasteiger partial charge in [-0.05, 0) is 30.3 Å². The van der Waals surface area contributed by atoms with E-state index in [1.54, 1.807) is 30.3 Å². The minimum absolute atomic E-state index is 0.0336. The van der Waals surface area contributed by atoms with Gasteiger partial charge in [0.15, 0.2) is 6.61 Å². The maximum Gasteiger partial charge on any atom is 0.311 e. The molecule has 3 amide bonds.